The molecule has 0 bridgehead atoms. The van der Waals surface area contributed by atoms with Gasteiger partial charge in [-0.3, -0.25) is 14.6 Å². The Morgan fingerprint density at radius 3 is 2.81 bits per heavy atom. The Morgan fingerprint density at radius 1 is 1.37 bits per heavy atom. The highest BCUT2D eigenvalue weighted by Gasteiger charge is 2.45. The lowest BCUT2D eigenvalue weighted by Crippen LogP contribution is -2.60. The minimum Gasteiger partial charge on any atom is -0.291 e. The minimum atomic E-state index is -0.508. The van der Waals surface area contributed by atoms with Crippen molar-refractivity contribution in [1.82, 2.24) is 10.1 Å². The Kier molecular flexibility index (Phi) is 4.92. The van der Waals surface area contributed by atoms with Crippen molar-refractivity contribution in [1.29, 1.82) is 0 Å². The third-order valence-corrected chi connectivity index (χ3v) is 6.61. The van der Waals surface area contributed by atoms with Gasteiger partial charge >= 0.3 is 17.4 Å². The van der Waals surface area contributed by atoms with Crippen LogP contribution < -0.4 is 15.1 Å². The lowest BCUT2D eigenvalue weighted by molar-refractivity contribution is -0.762. The number of aromatic nitrogens is 3. The molecule has 3 aromatic rings. The van der Waals surface area contributed by atoms with E-state index in [1.807, 2.05) is 49.6 Å². The van der Waals surface area contributed by atoms with Crippen LogP contribution in [0.2, 0.25) is 0 Å². The van der Waals surface area contributed by atoms with Crippen LogP contribution in [0.5, 0.6) is 0 Å². The Bertz CT molecular complexity index is 1090. The molecule has 2 aromatic heterocycles. The van der Waals surface area contributed by atoms with E-state index in [4.69, 9.17) is 0 Å². The number of hydrogen-bond acceptors (Lipinski definition) is 5. The molecule has 1 aromatic carbocycles. The first-order valence-electron chi connectivity index (χ1n) is 8.32. The molecule has 138 valence electrons. The molecule has 27 heavy (non-hydrogen) atoms. The van der Waals surface area contributed by atoms with E-state index in [0.717, 1.165) is 14.4 Å². The second-order valence-electron chi connectivity index (χ2n) is 5.91. The SMILES string of the molecule is CCC(=O)N1c2ccccc2-c2c(=O)[nH]c(SC)n[n+]2[C@@H]1c1ccc(Br)s1. The number of anilines is 1. The number of carbonyl (C=O) groups excluding carboxylic acids is 1. The van der Waals surface area contributed by atoms with Gasteiger partial charge in [0.2, 0.25) is 11.1 Å². The lowest BCUT2D eigenvalue weighted by atomic mass is 10.0. The summed E-state index contributed by atoms with van der Waals surface area (Å²) in [6.45, 7) is 1.84. The molecular formula is C18H16BrN4O2S2+. The predicted molar refractivity (Wildman–Crippen MR) is 110 cm³/mol. The second-order valence-corrected chi connectivity index (χ2v) is 9.20. The molecule has 0 saturated carbocycles. The molecule has 0 aliphatic carbocycles. The fourth-order valence-electron chi connectivity index (χ4n) is 3.23. The zero-order chi connectivity index (χ0) is 19.1. The fourth-order valence-corrected chi connectivity index (χ4v) is 5.09. The largest absolute Gasteiger partial charge is 0.325 e. The van der Waals surface area contributed by atoms with Gasteiger partial charge in [0.1, 0.15) is 0 Å². The number of rotatable bonds is 3. The standard InChI is InChI=1S/C18H15BrN4O2S2/c1-3-14(24)22-11-7-5-4-6-10(11)15-16(25)20-18(26-2)21-23(15)17(22)12-8-9-13(19)27-12/h4-9,17H,3H2,1-2H3/p+1/t17-/m1/s1. The van der Waals surface area contributed by atoms with Crippen LogP contribution in [0.3, 0.4) is 0 Å². The van der Waals surface area contributed by atoms with Crippen LogP contribution in [0.4, 0.5) is 5.69 Å². The maximum Gasteiger partial charge on any atom is 0.325 e. The summed E-state index contributed by atoms with van der Waals surface area (Å²) in [4.78, 5) is 31.4. The number of fused-ring (bicyclic) bond motifs is 3. The van der Waals surface area contributed by atoms with Gasteiger partial charge in [0.05, 0.1) is 19.9 Å². The first-order valence-corrected chi connectivity index (χ1v) is 11.2. The molecule has 0 fully saturated rings. The van der Waals surface area contributed by atoms with Crippen LogP contribution in [0.1, 0.15) is 24.4 Å². The van der Waals surface area contributed by atoms with Crippen molar-refractivity contribution < 1.29 is 9.48 Å². The number of thioether (sulfide) groups is 1. The van der Waals surface area contributed by atoms with E-state index in [0.29, 0.717) is 22.8 Å². The van der Waals surface area contributed by atoms with E-state index in [1.165, 1.54) is 23.1 Å². The molecular weight excluding hydrogens is 448 g/mol. The maximum absolute atomic E-state index is 13.0. The molecule has 4 rings (SSSR count). The highest BCUT2D eigenvalue weighted by atomic mass is 79.9. The Hall–Kier alpha value is -1.97. The number of thiophene rings is 1. The lowest BCUT2D eigenvalue weighted by Gasteiger charge is -2.31. The monoisotopic (exact) mass is 463 g/mol. The molecule has 1 atom stereocenters. The van der Waals surface area contributed by atoms with Crippen molar-refractivity contribution in [2.45, 2.75) is 24.7 Å². The zero-order valence-corrected chi connectivity index (χ0v) is 17.8. The van der Waals surface area contributed by atoms with Gasteiger partial charge in [-0.25, -0.2) is 4.90 Å². The fraction of sp³-hybridized carbons (Fsp3) is 0.222. The van der Waals surface area contributed by atoms with Gasteiger partial charge in [-0.2, -0.15) is 0 Å². The highest BCUT2D eigenvalue weighted by Crippen LogP contribution is 2.39. The van der Waals surface area contributed by atoms with Gasteiger partial charge in [0.25, 0.3) is 0 Å². The number of hydrogen-bond donors (Lipinski definition) is 1. The number of H-pyrrole nitrogens is 1. The molecule has 0 unspecified atom stereocenters. The molecule has 6 nitrogen and oxygen atoms in total. The van der Waals surface area contributed by atoms with Gasteiger partial charge in [0, 0.05) is 11.5 Å². The zero-order valence-electron chi connectivity index (χ0n) is 14.6. The number of benzene rings is 1. The molecule has 1 amide bonds. The number of para-hydroxylation sites is 1. The molecule has 0 radical (unpaired) electrons. The summed E-state index contributed by atoms with van der Waals surface area (Å²) in [5.74, 6) is -0.0251. The Balaban J connectivity index is 2.09. The number of nitrogens with zero attached hydrogens (tertiary/aromatic N) is 3. The highest BCUT2D eigenvalue weighted by molar-refractivity contribution is 9.11. The normalized spacial score (nSPS) is 15.4. The number of carbonyl (C=O) groups is 1. The summed E-state index contributed by atoms with van der Waals surface area (Å²) in [5, 5.41) is 5.15. The topological polar surface area (TPSA) is 69.9 Å². The summed E-state index contributed by atoms with van der Waals surface area (Å²) in [7, 11) is 0. The Labute approximate surface area is 172 Å². The summed E-state index contributed by atoms with van der Waals surface area (Å²) in [6.07, 6.45) is 1.70. The summed E-state index contributed by atoms with van der Waals surface area (Å²) in [6, 6.07) is 11.4. The van der Waals surface area contributed by atoms with Crippen molar-refractivity contribution in [2.24, 2.45) is 0 Å². The third kappa shape index (κ3) is 3.03. The molecule has 1 aliphatic rings. The van der Waals surface area contributed by atoms with Crippen molar-refractivity contribution in [3.8, 4) is 11.3 Å². The van der Waals surface area contributed by atoms with Crippen LogP contribution in [-0.4, -0.2) is 22.2 Å². The predicted octanol–water partition coefficient (Wildman–Crippen LogP) is 3.57. The van der Waals surface area contributed by atoms with Gasteiger partial charge < -0.3 is 0 Å². The summed E-state index contributed by atoms with van der Waals surface area (Å²) in [5.41, 5.74) is 1.67. The van der Waals surface area contributed by atoms with Crippen molar-refractivity contribution in [3.05, 3.63) is 55.4 Å². The van der Waals surface area contributed by atoms with Crippen molar-refractivity contribution >= 4 is 50.6 Å². The molecule has 0 saturated heterocycles. The molecule has 1 aliphatic heterocycles. The first-order chi connectivity index (χ1) is 13.0. The van der Waals surface area contributed by atoms with Gasteiger partial charge in [-0.1, -0.05) is 30.8 Å². The third-order valence-electron chi connectivity index (χ3n) is 4.37. The number of aromatic amines is 1. The maximum atomic E-state index is 13.0. The van der Waals surface area contributed by atoms with E-state index < -0.39 is 6.17 Å². The van der Waals surface area contributed by atoms with E-state index in [-0.39, 0.29) is 11.5 Å². The first kappa shape index (κ1) is 18.4. The molecule has 9 heteroatoms. The van der Waals surface area contributed by atoms with Gasteiger partial charge in [-0.05, 0) is 51.1 Å². The van der Waals surface area contributed by atoms with Crippen LogP contribution in [0.15, 0.2) is 50.1 Å². The molecule has 0 spiro atoms. The van der Waals surface area contributed by atoms with Crippen LogP contribution in [0.25, 0.3) is 11.3 Å². The van der Waals surface area contributed by atoms with Gasteiger partial charge in [0.15, 0.2) is 0 Å². The van der Waals surface area contributed by atoms with E-state index in [2.05, 4.69) is 26.0 Å². The average Bonchev–Trinajstić information content (AvgIpc) is 3.11. The van der Waals surface area contributed by atoms with Crippen molar-refractivity contribution in [3.63, 3.8) is 0 Å². The van der Waals surface area contributed by atoms with Crippen LogP contribution in [-0.2, 0) is 4.79 Å². The van der Waals surface area contributed by atoms with Crippen LogP contribution in [0, 0.1) is 0 Å². The summed E-state index contributed by atoms with van der Waals surface area (Å²) < 4.78 is 2.64. The molecule has 1 N–H and O–H groups in total. The van der Waals surface area contributed by atoms with Crippen molar-refractivity contribution in [2.75, 3.05) is 11.2 Å². The van der Waals surface area contributed by atoms with Crippen LogP contribution >= 0.6 is 39.0 Å². The van der Waals surface area contributed by atoms with E-state index >= 15 is 0 Å². The summed E-state index contributed by atoms with van der Waals surface area (Å²) >= 11 is 6.38. The number of halogens is 1. The Morgan fingerprint density at radius 2 is 2.15 bits per heavy atom. The van der Waals surface area contributed by atoms with E-state index in [9.17, 15) is 9.59 Å². The minimum absolute atomic E-state index is 0.0251. The van der Waals surface area contributed by atoms with Gasteiger partial charge in [-0.15, -0.1) is 11.3 Å². The quantitative estimate of drug-likeness (QED) is 0.475. The molecule has 3 heterocycles. The average molecular weight is 464 g/mol. The number of amides is 1. The smallest absolute Gasteiger partial charge is 0.291 e. The number of nitrogens with one attached hydrogen (secondary N) is 1. The van der Waals surface area contributed by atoms with E-state index in [1.54, 1.807) is 9.58 Å². The second kappa shape index (κ2) is 7.21.